The molecule has 0 fully saturated rings. The number of nitro benzene ring substituents is 1. The van der Waals surface area contributed by atoms with Gasteiger partial charge in [-0.3, -0.25) is 10.1 Å². The predicted molar refractivity (Wildman–Crippen MR) is 119 cm³/mol. The van der Waals surface area contributed by atoms with Crippen molar-refractivity contribution in [3.8, 4) is 11.3 Å². The molecule has 0 aliphatic heterocycles. The van der Waals surface area contributed by atoms with Gasteiger partial charge in [-0.1, -0.05) is 41.4 Å². The molecule has 31 heavy (non-hydrogen) atoms. The van der Waals surface area contributed by atoms with Crippen LogP contribution >= 0.6 is 23.2 Å². The minimum atomic E-state index is -0.539. The van der Waals surface area contributed by atoms with E-state index in [-0.39, 0.29) is 12.3 Å². The quantitative estimate of drug-likeness (QED) is 0.196. The topological polar surface area (TPSA) is 82.3 Å². The molecule has 0 aliphatic carbocycles. The van der Waals surface area contributed by atoms with E-state index in [4.69, 9.17) is 27.9 Å². The lowest BCUT2D eigenvalue weighted by Crippen LogP contribution is -2.07. The van der Waals surface area contributed by atoms with Crippen LogP contribution < -0.4 is 0 Å². The number of benzene rings is 3. The van der Waals surface area contributed by atoms with Crippen LogP contribution in [0.5, 0.6) is 0 Å². The summed E-state index contributed by atoms with van der Waals surface area (Å²) in [5.41, 5.74) is 2.73. The smallest absolute Gasteiger partial charge is 0.339 e. The molecule has 0 unspecified atom stereocenters. The molecule has 0 spiro atoms. The van der Waals surface area contributed by atoms with E-state index in [0.29, 0.717) is 43.3 Å². The number of halogens is 2. The van der Waals surface area contributed by atoms with Crippen LogP contribution in [0.4, 0.5) is 5.69 Å². The SMILES string of the molecule is O=C(OCc1ccc([N+](=O)[O-])cc1)c1cc(-c2ccc(Cl)cc2Cl)nc2ccccc12. The van der Waals surface area contributed by atoms with Crippen molar-refractivity contribution in [2.45, 2.75) is 6.61 Å². The molecule has 0 saturated carbocycles. The molecular weight excluding hydrogens is 439 g/mol. The number of non-ortho nitro benzene ring substituents is 1. The standard InChI is InChI=1S/C23H14Cl2N2O4/c24-15-7-10-18(20(25)11-15)22-12-19(17-3-1-2-4-21(17)26-22)23(28)31-13-14-5-8-16(9-6-14)27(29)30/h1-12H,13H2. The van der Waals surface area contributed by atoms with Crippen molar-refractivity contribution in [2.75, 3.05) is 0 Å². The van der Waals surface area contributed by atoms with Gasteiger partial charge in [0.1, 0.15) is 6.61 Å². The van der Waals surface area contributed by atoms with Crippen LogP contribution in [0.2, 0.25) is 10.0 Å². The Balaban J connectivity index is 1.67. The van der Waals surface area contributed by atoms with E-state index in [0.717, 1.165) is 0 Å². The van der Waals surface area contributed by atoms with Crippen LogP contribution in [0.1, 0.15) is 15.9 Å². The highest BCUT2D eigenvalue weighted by Crippen LogP contribution is 2.32. The summed E-state index contributed by atoms with van der Waals surface area (Å²) in [5, 5.41) is 12.3. The van der Waals surface area contributed by atoms with E-state index in [1.165, 1.54) is 12.1 Å². The first kappa shape index (κ1) is 20.8. The second-order valence-corrected chi connectivity index (χ2v) is 7.54. The lowest BCUT2D eigenvalue weighted by atomic mass is 10.0. The van der Waals surface area contributed by atoms with E-state index < -0.39 is 10.9 Å². The number of carbonyl (C=O) groups is 1. The lowest BCUT2D eigenvalue weighted by Gasteiger charge is -2.11. The van der Waals surface area contributed by atoms with E-state index in [9.17, 15) is 14.9 Å². The Morgan fingerprint density at radius 1 is 1.00 bits per heavy atom. The maximum Gasteiger partial charge on any atom is 0.339 e. The van der Waals surface area contributed by atoms with Crippen molar-refractivity contribution in [3.63, 3.8) is 0 Å². The molecule has 3 aromatic carbocycles. The first-order valence-corrected chi connectivity index (χ1v) is 9.93. The zero-order valence-electron chi connectivity index (χ0n) is 15.9. The molecule has 0 N–H and O–H groups in total. The van der Waals surface area contributed by atoms with Gasteiger partial charge in [0, 0.05) is 28.1 Å². The molecule has 1 heterocycles. The zero-order valence-corrected chi connectivity index (χ0v) is 17.4. The number of nitro groups is 1. The average molecular weight is 453 g/mol. The van der Waals surface area contributed by atoms with Gasteiger partial charge >= 0.3 is 5.97 Å². The fourth-order valence-electron chi connectivity index (χ4n) is 3.12. The summed E-state index contributed by atoms with van der Waals surface area (Å²) in [6, 6.07) is 19.8. The molecular formula is C23H14Cl2N2O4. The summed E-state index contributed by atoms with van der Waals surface area (Å²) in [4.78, 5) is 27.8. The summed E-state index contributed by atoms with van der Waals surface area (Å²) in [5.74, 6) is -0.539. The molecule has 0 radical (unpaired) electrons. The minimum absolute atomic E-state index is 0.0233. The van der Waals surface area contributed by atoms with E-state index >= 15 is 0 Å². The molecule has 0 bridgehead atoms. The van der Waals surface area contributed by atoms with Crippen molar-refractivity contribution in [3.05, 3.63) is 104 Å². The second-order valence-electron chi connectivity index (χ2n) is 6.70. The Morgan fingerprint density at radius 2 is 1.74 bits per heavy atom. The number of fused-ring (bicyclic) bond motifs is 1. The Hall–Kier alpha value is -3.48. The van der Waals surface area contributed by atoms with E-state index in [2.05, 4.69) is 4.98 Å². The van der Waals surface area contributed by atoms with Crippen molar-refractivity contribution in [1.29, 1.82) is 0 Å². The Bertz CT molecular complexity index is 1310. The second kappa shape index (κ2) is 8.71. The number of ether oxygens (including phenoxy) is 1. The first-order valence-electron chi connectivity index (χ1n) is 9.18. The Kier molecular flexibility index (Phi) is 5.84. The number of aromatic nitrogens is 1. The fourth-order valence-corrected chi connectivity index (χ4v) is 3.63. The average Bonchev–Trinajstić information content (AvgIpc) is 2.77. The van der Waals surface area contributed by atoms with Crippen LogP contribution in [0.3, 0.4) is 0 Å². The molecule has 1 aromatic heterocycles. The zero-order chi connectivity index (χ0) is 22.0. The van der Waals surface area contributed by atoms with Gasteiger partial charge in [0.25, 0.3) is 5.69 Å². The van der Waals surface area contributed by atoms with Gasteiger partial charge in [-0.05, 0) is 48.0 Å². The van der Waals surface area contributed by atoms with Crippen molar-refractivity contribution in [1.82, 2.24) is 4.98 Å². The first-order chi connectivity index (χ1) is 14.9. The molecule has 0 aliphatic rings. The number of rotatable bonds is 5. The highest BCUT2D eigenvalue weighted by atomic mass is 35.5. The number of para-hydroxylation sites is 1. The van der Waals surface area contributed by atoms with Crippen molar-refractivity contribution < 1.29 is 14.5 Å². The van der Waals surface area contributed by atoms with Crippen molar-refractivity contribution >= 4 is 45.8 Å². The number of esters is 1. The van der Waals surface area contributed by atoms with Crippen LogP contribution in [-0.2, 0) is 11.3 Å². The number of nitrogens with zero attached hydrogens (tertiary/aromatic N) is 2. The Morgan fingerprint density at radius 3 is 2.45 bits per heavy atom. The Labute approximate surface area is 187 Å². The summed E-state index contributed by atoms with van der Waals surface area (Å²) in [6.45, 7) is -0.0233. The maximum absolute atomic E-state index is 12.9. The normalized spacial score (nSPS) is 10.8. The van der Waals surface area contributed by atoms with E-state index in [1.807, 2.05) is 12.1 Å². The number of carbonyl (C=O) groups excluding carboxylic acids is 1. The number of hydrogen-bond donors (Lipinski definition) is 0. The van der Waals surface area contributed by atoms with Gasteiger partial charge in [-0.25, -0.2) is 9.78 Å². The summed E-state index contributed by atoms with van der Waals surface area (Å²) < 4.78 is 5.47. The van der Waals surface area contributed by atoms with Gasteiger partial charge in [0.05, 0.1) is 26.7 Å². The summed E-state index contributed by atoms with van der Waals surface area (Å²) in [7, 11) is 0. The van der Waals surface area contributed by atoms with Gasteiger partial charge in [0.15, 0.2) is 0 Å². The van der Waals surface area contributed by atoms with Crippen LogP contribution in [0.25, 0.3) is 22.2 Å². The largest absolute Gasteiger partial charge is 0.457 e. The molecule has 0 atom stereocenters. The van der Waals surface area contributed by atoms with Crippen molar-refractivity contribution in [2.24, 2.45) is 0 Å². The lowest BCUT2D eigenvalue weighted by molar-refractivity contribution is -0.384. The molecule has 4 aromatic rings. The van der Waals surface area contributed by atoms with Crippen LogP contribution in [-0.4, -0.2) is 15.9 Å². The molecule has 6 nitrogen and oxygen atoms in total. The van der Waals surface area contributed by atoms with Gasteiger partial charge in [-0.2, -0.15) is 0 Å². The monoisotopic (exact) mass is 452 g/mol. The van der Waals surface area contributed by atoms with Gasteiger partial charge in [-0.15, -0.1) is 0 Å². The number of pyridine rings is 1. The maximum atomic E-state index is 12.9. The van der Waals surface area contributed by atoms with Crippen LogP contribution in [0, 0.1) is 10.1 Å². The fraction of sp³-hybridized carbons (Fsp3) is 0.0435. The van der Waals surface area contributed by atoms with Gasteiger partial charge in [0.2, 0.25) is 0 Å². The van der Waals surface area contributed by atoms with Crippen LogP contribution in [0.15, 0.2) is 72.8 Å². The third-order valence-electron chi connectivity index (χ3n) is 4.66. The third-order valence-corrected chi connectivity index (χ3v) is 5.21. The molecule has 0 saturated heterocycles. The summed E-state index contributed by atoms with van der Waals surface area (Å²) >= 11 is 12.3. The molecule has 154 valence electrons. The molecule has 4 rings (SSSR count). The minimum Gasteiger partial charge on any atom is -0.457 e. The van der Waals surface area contributed by atoms with E-state index in [1.54, 1.807) is 48.5 Å². The highest BCUT2D eigenvalue weighted by molar-refractivity contribution is 6.36. The molecule has 0 amide bonds. The molecule has 8 heteroatoms. The predicted octanol–water partition coefficient (Wildman–Crippen LogP) is 6.47. The highest BCUT2D eigenvalue weighted by Gasteiger charge is 2.17. The summed E-state index contributed by atoms with van der Waals surface area (Å²) in [6.07, 6.45) is 0. The van der Waals surface area contributed by atoms with Gasteiger partial charge < -0.3 is 4.74 Å². The number of hydrogen-bond acceptors (Lipinski definition) is 5. The third kappa shape index (κ3) is 4.50.